The fourth-order valence-corrected chi connectivity index (χ4v) is 2.74. The minimum Gasteiger partial charge on any atom is -0.431 e. The van der Waals surface area contributed by atoms with Crippen LogP contribution in [0.15, 0.2) is 52.1 Å². The number of benzene rings is 2. The predicted octanol–water partition coefficient (Wildman–Crippen LogP) is 4.12. The molecule has 24 heavy (non-hydrogen) atoms. The smallest absolute Gasteiger partial charge is 0.269 e. The lowest BCUT2D eigenvalue weighted by atomic mass is 10.3. The highest BCUT2D eigenvalue weighted by Crippen LogP contribution is 2.25. The van der Waals surface area contributed by atoms with Crippen LogP contribution in [0.4, 0.5) is 11.4 Å². The van der Waals surface area contributed by atoms with Crippen molar-refractivity contribution >= 4 is 51.7 Å². The summed E-state index contributed by atoms with van der Waals surface area (Å²) in [6.45, 7) is 0. The van der Waals surface area contributed by atoms with Gasteiger partial charge >= 0.3 is 0 Å². The lowest BCUT2D eigenvalue weighted by Gasteiger charge is -2.03. The molecule has 0 aliphatic heterocycles. The van der Waals surface area contributed by atoms with E-state index in [1.54, 1.807) is 18.2 Å². The number of carbonyl (C=O) groups excluding carboxylic acids is 1. The first kappa shape index (κ1) is 16.3. The third kappa shape index (κ3) is 3.84. The maximum atomic E-state index is 11.9. The molecule has 122 valence electrons. The van der Waals surface area contributed by atoms with Crippen LogP contribution in [-0.4, -0.2) is 21.6 Å². The highest BCUT2D eigenvalue weighted by molar-refractivity contribution is 7.99. The molecule has 0 spiro atoms. The number of nitrogens with zero attached hydrogens (tertiary/aromatic N) is 2. The maximum Gasteiger partial charge on any atom is 0.269 e. The Hall–Kier alpha value is -2.58. The zero-order valence-corrected chi connectivity index (χ0v) is 13.6. The molecule has 0 unspecified atom stereocenters. The largest absolute Gasteiger partial charge is 0.431 e. The molecule has 2 aromatic carbocycles. The Morgan fingerprint density at radius 1 is 1.29 bits per heavy atom. The van der Waals surface area contributed by atoms with Crippen molar-refractivity contribution in [1.29, 1.82) is 0 Å². The van der Waals surface area contributed by atoms with Crippen LogP contribution in [0.25, 0.3) is 11.1 Å². The van der Waals surface area contributed by atoms with E-state index in [2.05, 4.69) is 10.3 Å². The number of anilines is 1. The van der Waals surface area contributed by atoms with Crippen molar-refractivity contribution < 1.29 is 14.1 Å². The number of fused-ring (bicyclic) bond motifs is 1. The first-order valence-electron chi connectivity index (χ1n) is 6.74. The SMILES string of the molecule is O=C(CSc1nc2cc(Cl)ccc2o1)Nc1ccc([N+](=O)[O-])cc1. The zero-order valence-electron chi connectivity index (χ0n) is 12.1. The average molecular weight is 364 g/mol. The molecule has 0 fully saturated rings. The lowest BCUT2D eigenvalue weighted by molar-refractivity contribution is -0.384. The molecular formula is C15H10ClN3O4S. The van der Waals surface area contributed by atoms with Crippen LogP contribution >= 0.6 is 23.4 Å². The molecule has 1 heterocycles. The van der Waals surface area contributed by atoms with Gasteiger partial charge in [0.15, 0.2) is 5.58 Å². The van der Waals surface area contributed by atoms with Crippen LogP contribution in [0, 0.1) is 10.1 Å². The number of nitrogens with one attached hydrogen (secondary N) is 1. The third-order valence-corrected chi connectivity index (χ3v) is 4.08. The van der Waals surface area contributed by atoms with Crippen molar-refractivity contribution in [3.8, 4) is 0 Å². The van der Waals surface area contributed by atoms with Crippen molar-refractivity contribution in [1.82, 2.24) is 4.98 Å². The molecule has 0 bridgehead atoms. The molecule has 0 saturated carbocycles. The van der Waals surface area contributed by atoms with Crippen molar-refractivity contribution in [2.75, 3.05) is 11.1 Å². The summed E-state index contributed by atoms with van der Waals surface area (Å²) >= 11 is 7.03. The molecule has 3 rings (SSSR count). The van der Waals surface area contributed by atoms with Crippen molar-refractivity contribution in [2.24, 2.45) is 0 Å². The number of halogens is 1. The van der Waals surface area contributed by atoms with Crippen LogP contribution in [-0.2, 0) is 4.79 Å². The van der Waals surface area contributed by atoms with E-state index >= 15 is 0 Å². The summed E-state index contributed by atoms with van der Waals surface area (Å²) in [7, 11) is 0. The Morgan fingerprint density at radius 2 is 2.04 bits per heavy atom. The Morgan fingerprint density at radius 3 is 2.75 bits per heavy atom. The van der Waals surface area contributed by atoms with E-state index in [4.69, 9.17) is 16.0 Å². The van der Waals surface area contributed by atoms with Gasteiger partial charge in [-0.05, 0) is 30.3 Å². The van der Waals surface area contributed by atoms with Crippen LogP contribution in [0.2, 0.25) is 5.02 Å². The quantitative estimate of drug-likeness (QED) is 0.416. The second kappa shape index (κ2) is 6.90. The van der Waals surface area contributed by atoms with Gasteiger partial charge in [0, 0.05) is 22.8 Å². The number of amides is 1. The van der Waals surface area contributed by atoms with E-state index in [1.807, 2.05) is 0 Å². The maximum absolute atomic E-state index is 11.9. The van der Waals surface area contributed by atoms with Gasteiger partial charge in [0.25, 0.3) is 10.9 Å². The monoisotopic (exact) mass is 363 g/mol. The number of oxazole rings is 1. The molecule has 0 aliphatic rings. The second-order valence-corrected chi connectivity index (χ2v) is 6.10. The summed E-state index contributed by atoms with van der Waals surface area (Å²) in [5, 5.41) is 14.2. The predicted molar refractivity (Wildman–Crippen MR) is 91.5 cm³/mol. The van der Waals surface area contributed by atoms with E-state index in [1.165, 1.54) is 24.3 Å². The number of hydrogen-bond donors (Lipinski definition) is 1. The molecule has 1 N–H and O–H groups in total. The summed E-state index contributed by atoms with van der Waals surface area (Å²) in [6, 6.07) is 10.7. The van der Waals surface area contributed by atoms with E-state index in [9.17, 15) is 14.9 Å². The van der Waals surface area contributed by atoms with Crippen LogP contribution < -0.4 is 5.32 Å². The van der Waals surface area contributed by atoms with Gasteiger partial charge in [-0.1, -0.05) is 23.4 Å². The van der Waals surface area contributed by atoms with Gasteiger partial charge < -0.3 is 9.73 Å². The molecule has 0 saturated heterocycles. The number of rotatable bonds is 5. The average Bonchev–Trinajstić information content (AvgIpc) is 2.95. The molecule has 1 aromatic heterocycles. The van der Waals surface area contributed by atoms with Crippen LogP contribution in [0.1, 0.15) is 0 Å². The summed E-state index contributed by atoms with van der Waals surface area (Å²) in [4.78, 5) is 26.2. The van der Waals surface area contributed by atoms with Gasteiger partial charge in [0.2, 0.25) is 5.91 Å². The number of nitro groups is 1. The summed E-state index contributed by atoms with van der Waals surface area (Å²) < 4.78 is 5.50. The molecular weight excluding hydrogens is 354 g/mol. The van der Waals surface area contributed by atoms with Gasteiger partial charge in [0.1, 0.15) is 5.52 Å². The standard InChI is InChI=1S/C15H10ClN3O4S/c16-9-1-6-13-12(7-9)18-15(23-13)24-8-14(20)17-10-2-4-11(5-3-10)19(21)22/h1-7H,8H2,(H,17,20). The Labute approximate surface area is 145 Å². The fraction of sp³-hybridized carbons (Fsp3) is 0.0667. The number of aromatic nitrogens is 1. The van der Waals surface area contributed by atoms with Crippen LogP contribution in [0.5, 0.6) is 0 Å². The number of thioether (sulfide) groups is 1. The number of carbonyl (C=O) groups is 1. The molecule has 0 radical (unpaired) electrons. The minimum absolute atomic E-state index is 0.0347. The van der Waals surface area contributed by atoms with E-state index in [0.29, 0.717) is 27.0 Å². The van der Waals surface area contributed by atoms with Crippen molar-refractivity contribution in [3.63, 3.8) is 0 Å². The third-order valence-electron chi connectivity index (χ3n) is 3.02. The topological polar surface area (TPSA) is 98.3 Å². The van der Waals surface area contributed by atoms with Gasteiger partial charge in [-0.3, -0.25) is 14.9 Å². The number of nitro benzene ring substituents is 1. The number of hydrogen-bond acceptors (Lipinski definition) is 6. The second-order valence-electron chi connectivity index (χ2n) is 4.73. The Bertz CT molecular complexity index is 911. The molecule has 3 aromatic rings. The Kier molecular flexibility index (Phi) is 4.68. The molecule has 0 atom stereocenters. The first-order valence-corrected chi connectivity index (χ1v) is 8.11. The molecule has 9 heteroatoms. The van der Waals surface area contributed by atoms with Gasteiger partial charge in [-0.25, -0.2) is 4.98 Å². The highest BCUT2D eigenvalue weighted by atomic mass is 35.5. The van der Waals surface area contributed by atoms with Gasteiger partial charge in [-0.15, -0.1) is 0 Å². The van der Waals surface area contributed by atoms with Crippen molar-refractivity contribution in [3.05, 3.63) is 57.6 Å². The normalized spacial score (nSPS) is 10.7. The summed E-state index contributed by atoms with van der Waals surface area (Å²) in [6.07, 6.45) is 0. The molecule has 0 aliphatic carbocycles. The zero-order chi connectivity index (χ0) is 17.1. The van der Waals surface area contributed by atoms with Gasteiger partial charge in [-0.2, -0.15) is 0 Å². The minimum atomic E-state index is -0.499. The Balaban J connectivity index is 1.59. The highest BCUT2D eigenvalue weighted by Gasteiger charge is 2.11. The van der Waals surface area contributed by atoms with E-state index < -0.39 is 4.92 Å². The molecule has 7 nitrogen and oxygen atoms in total. The molecule has 1 amide bonds. The van der Waals surface area contributed by atoms with E-state index in [0.717, 1.165) is 11.8 Å². The number of non-ortho nitro benzene ring substituents is 1. The fourth-order valence-electron chi connectivity index (χ4n) is 1.93. The van der Waals surface area contributed by atoms with Gasteiger partial charge in [0.05, 0.1) is 10.7 Å². The lowest BCUT2D eigenvalue weighted by Crippen LogP contribution is -2.13. The summed E-state index contributed by atoms with van der Waals surface area (Å²) in [5.41, 5.74) is 1.67. The van der Waals surface area contributed by atoms with Crippen molar-refractivity contribution in [2.45, 2.75) is 5.22 Å². The first-order chi connectivity index (χ1) is 11.5. The summed E-state index contributed by atoms with van der Waals surface area (Å²) in [5.74, 6) is -0.175. The van der Waals surface area contributed by atoms with Crippen LogP contribution in [0.3, 0.4) is 0 Å². The van der Waals surface area contributed by atoms with E-state index in [-0.39, 0.29) is 17.3 Å².